The smallest absolute Gasteiger partial charge is 0.271 e. The first kappa shape index (κ1) is 17.0. The molecular formula is C16H21N7O2. The minimum absolute atomic E-state index is 0.119. The zero-order valence-electron chi connectivity index (χ0n) is 13.8. The number of nitrogens with zero attached hydrogens (tertiary/aromatic N) is 5. The van der Waals surface area contributed by atoms with E-state index in [0.29, 0.717) is 18.9 Å². The molecule has 1 amide bonds. The van der Waals surface area contributed by atoms with Gasteiger partial charge in [0.15, 0.2) is 0 Å². The number of aliphatic hydroxyl groups is 1. The van der Waals surface area contributed by atoms with E-state index in [0.717, 1.165) is 25.2 Å². The summed E-state index contributed by atoms with van der Waals surface area (Å²) in [5.74, 6) is 1.22. The third kappa shape index (κ3) is 4.38. The first-order valence-electron chi connectivity index (χ1n) is 8.25. The molecule has 3 heterocycles. The van der Waals surface area contributed by atoms with Gasteiger partial charge in [0.2, 0.25) is 0 Å². The van der Waals surface area contributed by atoms with E-state index >= 15 is 0 Å². The summed E-state index contributed by atoms with van der Waals surface area (Å²) in [7, 11) is 0. The molecule has 3 N–H and O–H groups in total. The van der Waals surface area contributed by atoms with Crippen molar-refractivity contribution in [2.75, 3.05) is 36.5 Å². The predicted octanol–water partition coefficient (Wildman–Crippen LogP) is 0.0696. The molecule has 3 rings (SSSR count). The largest absolute Gasteiger partial charge is 0.394 e. The molecule has 132 valence electrons. The summed E-state index contributed by atoms with van der Waals surface area (Å²) >= 11 is 0. The molecule has 1 aliphatic rings. The van der Waals surface area contributed by atoms with Crippen molar-refractivity contribution in [1.82, 2.24) is 25.3 Å². The summed E-state index contributed by atoms with van der Waals surface area (Å²) in [5.41, 5.74) is 0.288. The fraction of sp³-hybridized carbons (Fsp3) is 0.438. The maximum Gasteiger partial charge on any atom is 0.271 e. The molecule has 2 aromatic heterocycles. The molecular weight excluding hydrogens is 322 g/mol. The second kappa shape index (κ2) is 8.34. The highest BCUT2D eigenvalue weighted by Gasteiger charge is 2.25. The van der Waals surface area contributed by atoms with Gasteiger partial charge in [0, 0.05) is 38.1 Å². The third-order valence-electron chi connectivity index (χ3n) is 4.05. The Morgan fingerprint density at radius 3 is 3.00 bits per heavy atom. The van der Waals surface area contributed by atoms with Crippen LogP contribution in [0.3, 0.4) is 0 Å². The van der Waals surface area contributed by atoms with Crippen molar-refractivity contribution in [2.24, 2.45) is 0 Å². The van der Waals surface area contributed by atoms with E-state index in [2.05, 4.69) is 35.5 Å². The summed E-state index contributed by atoms with van der Waals surface area (Å²) in [6, 6.07) is 1.98. The molecule has 9 heteroatoms. The molecule has 2 aromatic rings. The molecule has 0 saturated carbocycles. The minimum atomic E-state index is -0.263. The van der Waals surface area contributed by atoms with Gasteiger partial charge >= 0.3 is 0 Å². The number of amides is 1. The van der Waals surface area contributed by atoms with Crippen molar-refractivity contribution in [3.63, 3.8) is 0 Å². The molecule has 0 unspecified atom stereocenters. The molecule has 0 spiro atoms. The molecule has 0 bridgehead atoms. The number of carbonyl (C=O) groups is 1. The van der Waals surface area contributed by atoms with Gasteiger partial charge in [-0.2, -0.15) is 0 Å². The first-order valence-corrected chi connectivity index (χ1v) is 8.25. The van der Waals surface area contributed by atoms with Crippen LogP contribution < -0.4 is 15.5 Å². The van der Waals surface area contributed by atoms with E-state index in [1.807, 2.05) is 6.07 Å². The monoisotopic (exact) mass is 343 g/mol. The zero-order chi connectivity index (χ0) is 17.5. The van der Waals surface area contributed by atoms with E-state index in [1.165, 1.54) is 24.9 Å². The fourth-order valence-corrected chi connectivity index (χ4v) is 2.80. The van der Waals surface area contributed by atoms with Gasteiger partial charge in [0.1, 0.15) is 23.7 Å². The van der Waals surface area contributed by atoms with E-state index in [4.69, 9.17) is 0 Å². The van der Waals surface area contributed by atoms with Gasteiger partial charge in [0.05, 0.1) is 18.8 Å². The lowest BCUT2D eigenvalue weighted by Gasteiger charge is -2.24. The van der Waals surface area contributed by atoms with Crippen LogP contribution in [0.4, 0.5) is 11.6 Å². The van der Waals surface area contributed by atoms with Crippen LogP contribution in [-0.2, 0) is 0 Å². The van der Waals surface area contributed by atoms with E-state index < -0.39 is 0 Å². The van der Waals surface area contributed by atoms with Gasteiger partial charge in [-0.3, -0.25) is 9.78 Å². The number of aromatic nitrogens is 4. The molecule has 0 aliphatic carbocycles. The van der Waals surface area contributed by atoms with Crippen LogP contribution in [0, 0.1) is 0 Å². The van der Waals surface area contributed by atoms with E-state index in [9.17, 15) is 9.90 Å². The second-order valence-corrected chi connectivity index (χ2v) is 5.71. The molecule has 0 radical (unpaired) electrons. The number of anilines is 2. The molecule has 9 nitrogen and oxygen atoms in total. The van der Waals surface area contributed by atoms with Crippen molar-refractivity contribution in [3.05, 3.63) is 36.7 Å². The number of hydrogen-bond donors (Lipinski definition) is 3. The number of nitrogens with one attached hydrogen (secondary N) is 2. The van der Waals surface area contributed by atoms with Crippen LogP contribution in [0.5, 0.6) is 0 Å². The Morgan fingerprint density at radius 1 is 1.28 bits per heavy atom. The first-order chi connectivity index (χ1) is 12.3. The molecule has 1 fully saturated rings. The van der Waals surface area contributed by atoms with Crippen LogP contribution in [0.25, 0.3) is 0 Å². The van der Waals surface area contributed by atoms with Gasteiger partial charge in [-0.1, -0.05) is 0 Å². The molecule has 1 saturated heterocycles. The maximum atomic E-state index is 11.9. The average molecular weight is 343 g/mol. The highest BCUT2D eigenvalue weighted by molar-refractivity contribution is 5.91. The predicted molar refractivity (Wildman–Crippen MR) is 92.3 cm³/mol. The van der Waals surface area contributed by atoms with Gasteiger partial charge in [-0.25, -0.2) is 15.0 Å². The summed E-state index contributed by atoms with van der Waals surface area (Å²) in [6.45, 7) is 1.96. The summed E-state index contributed by atoms with van der Waals surface area (Å²) in [6.07, 6.45) is 7.94. The van der Waals surface area contributed by atoms with Crippen molar-refractivity contribution < 1.29 is 9.90 Å². The van der Waals surface area contributed by atoms with E-state index in [-0.39, 0.29) is 24.2 Å². The van der Waals surface area contributed by atoms with E-state index in [1.54, 1.807) is 0 Å². The number of rotatable bonds is 7. The van der Waals surface area contributed by atoms with Crippen LogP contribution >= 0.6 is 0 Å². The highest BCUT2D eigenvalue weighted by Crippen LogP contribution is 2.24. The third-order valence-corrected chi connectivity index (χ3v) is 4.05. The van der Waals surface area contributed by atoms with Crippen molar-refractivity contribution >= 4 is 17.5 Å². The van der Waals surface area contributed by atoms with Gasteiger partial charge in [-0.05, 0) is 12.8 Å². The maximum absolute atomic E-state index is 11.9. The Hall–Kier alpha value is -2.81. The Labute approximate surface area is 145 Å². The van der Waals surface area contributed by atoms with Crippen molar-refractivity contribution in [3.8, 4) is 0 Å². The van der Waals surface area contributed by atoms with Crippen LogP contribution in [0.15, 0.2) is 31.0 Å². The SMILES string of the molecule is O=C(NCCNc1cc(N2CCC[C@H]2CO)ncn1)c1cnccn1. The molecule has 1 atom stereocenters. The van der Waals surface area contributed by atoms with Crippen LogP contribution in [0.2, 0.25) is 0 Å². The van der Waals surface area contributed by atoms with Crippen LogP contribution in [0.1, 0.15) is 23.3 Å². The Kier molecular flexibility index (Phi) is 5.68. The summed E-state index contributed by atoms with van der Waals surface area (Å²) in [5, 5.41) is 15.4. The number of aliphatic hydroxyl groups excluding tert-OH is 1. The summed E-state index contributed by atoms with van der Waals surface area (Å²) in [4.78, 5) is 30.2. The standard InChI is InChI=1S/C16H21N7O2/c24-10-12-2-1-7-23(12)15-8-14(21-11-22-15)19-5-6-20-16(25)13-9-17-3-4-18-13/h3-4,8-9,11-12,24H,1-2,5-7,10H2,(H,20,25)(H,19,21,22)/t12-/m0/s1. The molecule has 0 aromatic carbocycles. The summed E-state index contributed by atoms with van der Waals surface area (Å²) < 4.78 is 0. The van der Waals surface area contributed by atoms with Crippen molar-refractivity contribution in [2.45, 2.75) is 18.9 Å². The molecule has 25 heavy (non-hydrogen) atoms. The van der Waals surface area contributed by atoms with Gasteiger partial charge < -0.3 is 20.6 Å². The van der Waals surface area contributed by atoms with Crippen LogP contribution in [-0.4, -0.2) is 63.2 Å². The molecule has 1 aliphatic heterocycles. The minimum Gasteiger partial charge on any atom is -0.394 e. The topological polar surface area (TPSA) is 116 Å². The Balaban J connectivity index is 1.49. The highest BCUT2D eigenvalue weighted by atomic mass is 16.3. The Bertz CT molecular complexity index is 698. The fourth-order valence-electron chi connectivity index (χ4n) is 2.80. The zero-order valence-corrected chi connectivity index (χ0v) is 13.8. The van der Waals surface area contributed by atoms with Gasteiger partial charge in [-0.15, -0.1) is 0 Å². The second-order valence-electron chi connectivity index (χ2n) is 5.71. The van der Waals surface area contributed by atoms with Crippen molar-refractivity contribution in [1.29, 1.82) is 0 Å². The lowest BCUT2D eigenvalue weighted by atomic mass is 10.2. The lowest BCUT2D eigenvalue weighted by molar-refractivity contribution is 0.0950. The average Bonchev–Trinajstić information content (AvgIpc) is 3.15. The number of carbonyl (C=O) groups excluding carboxylic acids is 1. The number of hydrogen-bond acceptors (Lipinski definition) is 8. The van der Waals surface area contributed by atoms with Gasteiger partial charge in [0.25, 0.3) is 5.91 Å². The lowest BCUT2D eigenvalue weighted by Crippen LogP contribution is -2.33. The quantitative estimate of drug-likeness (QED) is 0.605. The Morgan fingerprint density at radius 2 is 2.20 bits per heavy atom. The normalized spacial score (nSPS) is 16.7.